The molecule has 5 nitrogen and oxygen atoms in total. The van der Waals surface area contributed by atoms with Gasteiger partial charge in [0.1, 0.15) is 0 Å². The highest BCUT2D eigenvalue weighted by atomic mass is 16.2. The molecule has 1 heterocycles. The highest BCUT2D eigenvalue weighted by Gasteiger charge is 2.37. The molecular weight excluding hydrogens is 338 g/mol. The van der Waals surface area contributed by atoms with Crippen molar-refractivity contribution in [1.82, 2.24) is 10.2 Å². The molecule has 148 valence electrons. The molecule has 1 aromatic rings. The molecule has 0 radical (unpaired) electrons. The number of fused-ring (bicyclic) bond motifs is 1. The number of anilines is 1. The van der Waals surface area contributed by atoms with E-state index in [-0.39, 0.29) is 29.7 Å². The molecule has 5 heteroatoms. The van der Waals surface area contributed by atoms with E-state index in [4.69, 9.17) is 0 Å². The lowest BCUT2D eigenvalue weighted by atomic mass is 9.80. The van der Waals surface area contributed by atoms with Crippen molar-refractivity contribution in [2.45, 2.75) is 51.5 Å². The van der Waals surface area contributed by atoms with E-state index in [0.29, 0.717) is 0 Å². The Morgan fingerprint density at radius 2 is 1.78 bits per heavy atom. The molecule has 0 spiro atoms. The third-order valence-electron chi connectivity index (χ3n) is 5.97. The number of para-hydroxylation sites is 1. The molecule has 1 saturated carbocycles. The zero-order valence-electron chi connectivity index (χ0n) is 16.9. The lowest BCUT2D eigenvalue weighted by Crippen LogP contribution is -2.42. The average molecular weight is 372 g/mol. The van der Waals surface area contributed by atoms with E-state index in [1.165, 1.54) is 5.56 Å². The Labute approximate surface area is 163 Å². The minimum atomic E-state index is 0.0522. The fourth-order valence-corrected chi connectivity index (χ4v) is 4.45. The number of nitrogens with one attached hydrogen (secondary N) is 1. The van der Waals surface area contributed by atoms with Gasteiger partial charge in [-0.2, -0.15) is 0 Å². The third kappa shape index (κ3) is 4.70. The highest BCUT2D eigenvalue weighted by Crippen LogP contribution is 2.36. The quantitative estimate of drug-likeness (QED) is 0.783. The lowest BCUT2D eigenvalue weighted by molar-refractivity contribution is -0.129. The van der Waals surface area contributed by atoms with Gasteiger partial charge >= 0.3 is 0 Å². The molecule has 0 aromatic heterocycles. The van der Waals surface area contributed by atoms with Crippen LogP contribution in [0.25, 0.3) is 0 Å². The van der Waals surface area contributed by atoms with Crippen LogP contribution in [-0.2, 0) is 16.0 Å². The van der Waals surface area contributed by atoms with Gasteiger partial charge in [-0.25, -0.2) is 0 Å². The smallest absolute Gasteiger partial charge is 0.230 e. The van der Waals surface area contributed by atoms with Crippen LogP contribution < -0.4 is 10.2 Å². The molecular formula is C22H33N3O2. The van der Waals surface area contributed by atoms with Crippen LogP contribution in [0.4, 0.5) is 5.69 Å². The Bertz CT molecular complexity index is 665. The van der Waals surface area contributed by atoms with Crippen molar-refractivity contribution in [3.63, 3.8) is 0 Å². The van der Waals surface area contributed by atoms with Crippen molar-refractivity contribution in [3.05, 3.63) is 29.8 Å². The van der Waals surface area contributed by atoms with E-state index in [1.54, 1.807) is 0 Å². The van der Waals surface area contributed by atoms with Gasteiger partial charge in [0.25, 0.3) is 0 Å². The van der Waals surface area contributed by atoms with Crippen LogP contribution >= 0.6 is 0 Å². The van der Waals surface area contributed by atoms with Gasteiger partial charge in [0.2, 0.25) is 11.8 Å². The molecule has 1 N–H and O–H groups in total. The standard InChI is InChI=1S/C22H33N3O2/c1-16-15-19-7-4-5-8-20(19)25(16)22(27)18-11-9-17(10-12-18)21(26)23-13-6-14-24(2)3/h4-5,7-8,16-18H,6,9-15H2,1-3H3,(H,23,26). The summed E-state index contributed by atoms with van der Waals surface area (Å²) in [7, 11) is 4.08. The predicted octanol–water partition coefficient (Wildman–Crippen LogP) is 2.84. The van der Waals surface area contributed by atoms with Gasteiger partial charge in [-0.05, 0) is 77.7 Å². The van der Waals surface area contributed by atoms with Crippen LogP contribution in [0.2, 0.25) is 0 Å². The van der Waals surface area contributed by atoms with Crippen molar-refractivity contribution >= 4 is 17.5 Å². The first kappa shape index (κ1) is 19.9. The average Bonchev–Trinajstić information content (AvgIpc) is 3.00. The number of benzene rings is 1. The molecule has 1 fully saturated rings. The van der Waals surface area contributed by atoms with Crippen LogP contribution in [-0.4, -0.2) is 49.9 Å². The number of nitrogens with zero attached hydrogens (tertiary/aromatic N) is 2. The molecule has 1 aromatic carbocycles. The van der Waals surface area contributed by atoms with E-state index in [1.807, 2.05) is 31.1 Å². The van der Waals surface area contributed by atoms with Crippen molar-refractivity contribution in [1.29, 1.82) is 0 Å². The van der Waals surface area contributed by atoms with Gasteiger partial charge in [0.05, 0.1) is 0 Å². The first-order valence-electron chi connectivity index (χ1n) is 10.3. The predicted molar refractivity (Wildman–Crippen MR) is 109 cm³/mol. The summed E-state index contributed by atoms with van der Waals surface area (Å²) in [5.74, 6) is 0.532. The first-order valence-corrected chi connectivity index (χ1v) is 10.3. The lowest BCUT2D eigenvalue weighted by Gasteiger charge is -2.32. The maximum Gasteiger partial charge on any atom is 0.230 e. The second kappa shape index (κ2) is 8.87. The molecule has 3 rings (SSSR count). The number of rotatable bonds is 6. The maximum atomic E-state index is 13.1. The van der Waals surface area contributed by atoms with E-state index < -0.39 is 0 Å². The van der Waals surface area contributed by atoms with Crippen LogP contribution in [0.3, 0.4) is 0 Å². The third-order valence-corrected chi connectivity index (χ3v) is 5.97. The molecule has 2 amide bonds. The molecule has 1 aliphatic heterocycles. The van der Waals surface area contributed by atoms with Gasteiger partial charge in [-0.1, -0.05) is 18.2 Å². The van der Waals surface area contributed by atoms with Crippen molar-refractivity contribution in [2.75, 3.05) is 32.1 Å². The summed E-state index contributed by atoms with van der Waals surface area (Å²) in [6.45, 7) is 3.85. The van der Waals surface area contributed by atoms with Crippen LogP contribution in [0.1, 0.15) is 44.6 Å². The van der Waals surface area contributed by atoms with Crippen LogP contribution in [0, 0.1) is 11.8 Å². The fourth-order valence-electron chi connectivity index (χ4n) is 4.45. The molecule has 0 bridgehead atoms. The van der Waals surface area contributed by atoms with Crippen molar-refractivity contribution < 1.29 is 9.59 Å². The summed E-state index contributed by atoms with van der Waals surface area (Å²) in [4.78, 5) is 29.6. The van der Waals surface area contributed by atoms with E-state index in [2.05, 4.69) is 29.3 Å². The zero-order valence-corrected chi connectivity index (χ0v) is 16.9. The second-order valence-electron chi connectivity index (χ2n) is 8.39. The second-order valence-corrected chi connectivity index (χ2v) is 8.39. The Morgan fingerprint density at radius 3 is 2.48 bits per heavy atom. The molecule has 2 aliphatic rings. The Kier molecular flexibility index (Phi) is 6.53. The molecule has 1 atom stereocenters. The van der Waals surface area contributed by atoms with Gasteiger partial charge in [0.15, 0.2) is 0 Å². The Morgan fingerprint density at radius 1 is 1.11 bits per heavy atom. The maximum absolute atomic E-state index is 13.1. The molecule has 27 heavy (non-hydrogen) atoms. The summed E-state index contributed by atoms with van der Waals surface area (Å²) in [5, 5.41) is 3.07. The molecule has 1 aliphatic carbocycles. The summed E-state index contributed by atoms with van der Waals surface area (Å²) in [6.07, 6.45) is 5.19. The number of carbonyl (C=O) groups excluding carboxylic acids is 2. The van der Waals surface area contributed by atoms with Gasteiger partial charge in [0, 0.05) is 30.1 Å². The molecule has 1 unspecified atom stereocenters. The van der Waals surface area contributed by atoms with E-state index >= 15 is 0 Å². The summed E-state index contributed by atoms with van der Waals surface area (Å²) >= 11 is 0. The SMILES string of the molecule is CC1Cc2ccccc2N1C(=O)C1CCC(C(=O)NCCCN(C)C)CC1. The van der Waals surface area contributed by atoms with Gasteiger partial charge in [-0.15, -0.1) is 0 Å². The van der Waals surface area contributed by atoms with E-state index in [0.717, 1.165) is 57.3 Å². The number of hydrogen-bond acceptors (Lipinski definition) is 3. The van der Waals surface area contributed by atoms with E-state index in [9.17, 15) is 9.59 Å². The fraction of sp³-hybridized carbons (Fsp3) is 0.636. The summed E-state index contributed by atoms with van der Waals surface area (Å²) in [5.41, 5.74) is 2.35. The van der Waals surface area contributed by atoms with Crippen LogP contribution in [0.15, 0.2) is 24.3 Å². The number of carbonyl (C=O) groups is 2. The van der Waals surface area contributed by atoms with Crippen LogP contribution in [0.5, 0.6) is 0 Å². The zero-order chi connectivity index (χ0) is 19.4. The Balaban J connectivity index is 1.49. The summed E-state index contributed by atoms with van der Waals surface area (Å²) < 4.78 is 0. The molecule has 0 saturated heterocycles. The normalized spacial score (nSPS) is 24.7. The first-order chi connectivity index (χ1) is 13.0. The monoisotopic (exact) mass is 371 g/mol. The minimum absolute atomic E-state index is 0.0522. The van der Waals surface area contributed by atoms with Gasteiger partial charge in [-0.3, -0.25) is 9.59 Å². The van der Waals surface area contributed by atoms with Gasteiger partial charge < -0.3 is 15.1 Å². The van der Waals surface area contributed by atoms with Crippen molar-refractivity contribution in [3.8, 4) is 0 Å². The van der Waals surface area contributed by atoms with Crippen molar-refractivity contribution in [2.24, 2.45) is 11.8 Å². The number of amides is 2. The summed E-state index contributed by atoms with van der Waals surface area (Å²) in [6, 6.07) is 8.46. The topological polar surface area (TPSA) is 52.7 Å². The minimum Gasteiger partial charge on any atom is -0.356 e. The largest absolute Gasteiger partial charge is 0.356 e. The Hall–Kier alpha value is -1.88. The number of hydrogen-bond donors (Lipinski definition) is 1. The highest BCUT2D eigenvalue weighted by molar-refractivity contribution is 5.97.